The zero-order valence-corrected chi connectivity index (χ0v) is 9.94. The summed E-state index contributed by atoms with van der Waals surface area (Å²) in [5.41, 5.74) is 0. The van der Waals surface area contributed by atoms with Gasteiger partial charge in [-0.1, -0.05) is 19.3 Å². The molecule has 0 radical (unpaired) electrons. The molecule has 1 aliphatic carbocycles. The molecule has 0 aromatic rings. The summed E-state index contributed by atoms with van der Waals surface area (Å²) in [5, 5.41) is 18.4. The topological polar surface area (TPSA) is 47.3 Å². The highest BCUT2D eigenvalue weighted by Crippen LogP contribution is 2.34. The van der Waals surface area contributed by atoms with Gasteiger partial charge in [-0.15, -0.1) is 0 Å². The van der Waals surface area contributed by atoms with Gasteiger partial charge in [-0.3, -0.25) is 4.90 Å². The molecule has 0 amide bonds. The molecule has 2 fully saturated rings. The maximum absolute atomic E-state index is 9.78. The Morgan fingerprint density at radius 1 is 1.25 bits per heavy atom. The van der Waals surface area contributed by atoms with Gasteiger partial charge in [0.05, 0.1) is 12.2 Å². The summed E-state index contributed by atoms with van der Waals surface area (Å²) in [5.74, 6) is 0.768. The average Bonchev–Trinajstić information content (AvgIpc) is 2.69. The third-order valence-corrected chi connectivity index (χ3v) is 4.13. The summed E-state index contributed by atoms with van der Waals surface area (Å²) >= 11 is 0. The van der Waals surface area contributed by atoms with Crippen LogP contribution in [0.4, 0.5) is 0 Å². The van der Waals surface area contributed by atoms with Gasteiger partial charge in [0, 0.05) is 25.6 Å². The summed E-state index contributed by atoms with van der Waals surface area (Å²) in [6.45, 7) is 1.62. The van der Waals surface area contributed by atoms with Crippen LogP contribution in [-0.2, 0) is 0 Å². The number of likely N-dealkylation sites (tertiary alicyclic amines) is 1. The van der Waals surface area contributed by atoms with E-state index in [1.54, 1.807) is 0 Å². The maximum atomic E-state index is 9.78. The Hall–Kier alpha value is -0.590. The first-order valence-electron chi connectivity index (χ1n) is 6.60. The number of hydrogen-bond acceptors (Lipinski definition) is 3. The second-order valence-corrected chi connectivity index (χ2v) is 5.26. The predicted octanol–water partition coefficient (Wildman–Crippen LogP) is 1.92. The van der Waals surface area contributed by atoms with Crippen molar-refractivity contribution in [1.82, 2.24) is 4.90 Å². The van der Waals surface area contributed by atoms with Gasteiger partial charge in [-0.25, -0.2) is 0 Å². The molecule has 3 heteroatoms. The largest absolute Gasteiger partial charge is 0.392 e. The minimum Gasteiger partial charge on any atom is -0.392 e. The third-order valence-electron chi connectivity index (χ3n) is 4.13. The van der Waals surface area contributed by atoms with Crippen molar-refractivity contribution >= 4 is 0 Å². The van der Waals surface area contributed by atoms with E-state index >= 15 is 0 Å². The van der Waals surface area contributed by atoms with E-state index in [0.717, 1.165) is 25.4 Å². The minimum atomic E-state index is -0.161. The van der Waals surface area contributed by atoms with Crippen LogP contribution in [0.3, 0.4) is 0 Å². The first kappa shape index (κ1) is 11.9. The number of hydrogen-bond donors (Lipinski definition) is 1. The van der Waals surface area contributed by atoms with Crippen LogP contribution in [0.2, 0.25) is 0 Å². The molecule has 1 heterocycles. The van der Waals surface area contributed by atoms with E-state index in [9.17, 15) is 5.11 Å². The van der Waals surface area contributed by atoms with Crippen LogP contribution in [0.25, 0.3) is 0 Å². The van der Waals surface area contributed by atoms with Gasteiger partial charge in [-0.2, -0.15) is 5.26 Å². The summed E-state index contributed by atoms with van der Waals surface area (Å²) in [6, 6.07) is 2.75. The standard InChI is InChI=1S/C13H22N2O/c14-7-4-8-15-10-12(16)9-13(15)11-5-2-1-3-6-11/h11-13,16H,1-6,8-10H2/t12-,13+/m0/s1. The monoisotopic (exact) mass is 222 g/mol. The highest BCUT2D eigenvalue weighted by molar-refractivity contribution is 4.91. The molecule has 0 spiro atoms. The van der Waals surface area contributed by atoms with Gasteiger partial charge in [-0.05, 0) is 25.2 Å². The van der Waals surface area contributed by atoms with Crippen LogP contribution in [0.1, 0.15) is 44.9 Å². The first-order chi connectivity index (χ1) is 7.81. The summed E-state index contributed by atoms with van der Waals surface area (Å²) in [6.07, 6.45) is 8.08. The van der Waals surface area contributed by atoms with Crippen LogP contribution in [-0.4, -0.2) is 35.2 Å². The van der Waals surface area contributed by atoms with Crippen molar-refractivity contribution < 1.29 is 5.11 Å². The van der Waals surface area contributed by atoms with E-state index in [1.807, 2.05) is 0 Å². The third kappa shape index (κ3) is 2.75. The predicted molar refractivity (Wildman–Crippen MR) is 62.8 cm³/mol. The number of nitriles is 1. The molecule has 1 aliphatic heterocycles. The van der Waals surface area contributed by atoms with Crippen molar-refractivity contribution in [3.63, 3.8) is 0 Å². The molecule has 16 heavy (non-hydrogen) atoms. The Bertz CT molecular complexity index is 255. The Labute approximate surface area is 98.1 Å². The molecule has 1 saturated carbocycles. The van der Waals surface area contributed by atoms with Crippen molar-refractivity contribution in [3.05, 3.63) is 0 Å². The first-order valence-corrected chi connectivity index (χ1v) is 6.60. The zero-order valence-electron chi connectivity index (χ0n) is 9.94. The van der Waals surface area contributed by atoms with Crippen LogP contribution >= 0.6 is 0 Å². The van der Waals surface area contributed by atoms with Gasteiger partial charge >= 0.3 is 0 Å². The van der Waals surface area contributed by atoms with Gasteiger partial charge in [0.25, 0.3) is 0 Å². The Balaban J connectivity index is 1.91. The van der Waals surface area contributed by atoms with Gasteiger partial charge < -0.3 is 5.11 Å². The lowest BCUT2D eigenvalue weighted by atomic mass is 9.83. The highest BCUT2D eigenvalue weighted by Gasteiger charge is 2.36. The zero-order chi connectivity index (χ0) is 11.4. The van der Waals surface area contributed by atoms with E-state index < -0.39 is 0 Å². The molecular formula is C13H22N2O. The van der Waals surface area contributed by atoms with Gasteiger partial charge in [0.2, 0.25) is 0 Å². The fraction of sp³-hybridized carbons (Fsp3) is 0.923. The molecule has 1 N–H and O–H groups in total. The molecule has 1 saturated heterocycles. The fourth-order valence-electron chi connectivity index (χ4n) is 3.37. The van der Waals surface area contributed by atoms with Crippen LogP contribution in [0, 0.1) is 17.2 Å². The second kappa shape index (κ2) is 5.65. The molecule has 2 rings (SSSR count). The fourth-order valence-corrected chi connectivity index (χ4v) is 3.37. The van der Waals surface area contributed by atoms with E-state index in [4.69, 9.17) is 5.26 Å². The lowest BCUT2D eigenvalue weighted by molar-refractivity contribution is 0.156. The second-order valence-electron chi connectivity index (χ2n) is 5.26. The van der Waals surface area contributed by atoms with E-state index in [0.29, 0.717) is 12.5 Å². The van der Waals surface area contributed by atoms with E-state index in [2.05, 4.69) is 11.0 Å². The number of rotatable bonds is 3. The van der Waals surface area contributed by atoms with Crippen molar-refractivity contribution in [2.75, 3.05) is 13.1 Å². The number of aliphatic hydroxyl groups excluding tert-OH is 1. The highest BCUT2D eigenvalue weighted by atomic mass is 16.3. The molecule has 2 atom stereocenters. The molecule has 0 aromatic heterocycles. The summed E-state index contributed by atoms with van der Waals surface area (Å²) in [4.78, 5) is 2.35. The lowest BCUT2D eigenvalue weighted by Gasteiger charge is -2.33. The molecule has 0 unspecified atom stereocenters. The van der Waals surface area contributed by atoms with E-state index in [-0.39, 0.29) is 6.10 Å². The summed E-state index contributed by atoms with van der Waals surface area (Å²) < 4.78 is 0. The van der Waals surface area contributed by atoms with Gasteiger partial charge in [0.1, 0.15) is 0 Å². The van der Waals surface area contributed by atoms with Crippen molar-refractivity contribution in [2.45, 2.75) is 57.1 Å². The van der Waals surface area contributed by atoms with Crippen LogP contribution in [0.15, 0.2) is 0 Å². The van der Waals surface area contributed by atoms with Crippen LogP contribution < -0.4 is 0 Å². The van der Waals surface area contributed by atoms with Gasteiger partial charge in [0.15, 0.2) is 0 Å². The minimum absolute atomic E-state index is 0.161. The molecule has 3 nitrogen and oxygen atoms in total. The Morgan fingerprint density at radius 2 is 2.00 bits per heavy atom. The van der Waals surface area contributed by atoms with Crippen LogP contribution in [0.5, 0.6) is 0 Å². The van der Waals surface area contributed by atoms with Crippen molar-refractivity contribution in [3.8, 4) is 6.07 Å². The Kier molecular flexibility index (Phi) is 4.20. The number of β-amino-alcohol motifs (C(OH)–C–C–N with tert-alkyl or cyclic N) is 1. The average molecular weight is 222 g/mol. The maximum Gasteiger partial charge on any atom is 0.0682 e. The number of aliphatic hydroxyl groups is 1. The quantitative estimate of drug-likeness (QED) is 0.793. The molecule has 90 valence electrons. The molecular weight excluding hydrogens is 200 g/mol. The SMILES string of the molecule is N#CCCN1C[C@@H](O)C[C@@H]1C1CCCCC1. The van der Waals surface area contributed by atoms with E-state index in [1.165, 1.54) is 32.1 Å². The van der Waals surface area contributed by atoms with Crippen molar-refractivity contribution in [2.24, 2.45) is 5.92 Å². The van der Waals surface area contributed by atoms with Crippen molar-refractivity contribution in [1.29, 1.82) is 5.26 Å². The normalized spacial score (nSPS) is 32.8. The smallest absolute Gasteiger partial charge is 0.0682 e. The molecule has 0 aromatic carbocycles. The molecule has 2 aliphatic rings. The molecule has 0 bridgehead atoms. The Morgan fingerprint density at radius 3 is 2.69 bits per heavy atom. The lowest BCUT2D eigenvalue weighted by Crippen LogP contribution is -2.37. The summed E-state index contributed by atoms with van der Waals surface area (Å²) in [7, 11) is 0. The number of nitrogens with zero attached hydrogens (tertiary/aromatic N) is 2.